The quantitative estimate of drug-likeness (QED) is 0.752. The first kappa shape index (κ1) is 19.1. The Morgan fingerprint density at radius 1 is 1.23 bits per heavy atom. The van der Waals surface area contributed by atoms with E-state index in [0.29, 0.717) is 6.54 Å². The third kappa shape index (κ3) is 5.18. The lowest BCUT2D eigenvalue weighted by molar-refractivity contribution is 0.325. The Bertz CT molecular complexity index is 818. The predicted octanol–water partition coefficient (Wildman–Crippen LogP) is 3.34. The Morgan fingerprint density at radius 2 is 1.96 bits per heavy atom. The SMILES string of the molecule is COc1ccc(-c2csc(NC3CCCCC3CNS(C)(=O)=O)n2)cc1. The Labute approximate surface area is 159 Å². The van der Waals surface area contributed by atoms with Gasteiger partial charge in [0.15, 0.2) is 5.13 Å². The zero-order valence-electron chi connectivity index (χ0n) is 15.1. The highest BCUT2D eigenvalue weighted by atomic mass is 32.2. The van der Waals surface area contributed by atoms with Gasteiger partial charge in [0.25, 0.3) is 0 Å². The zero-order chi connectivity index (χ0) is 18.6. The molecule has 1 saturated carbocycles. The highest BCUT2D eigenvalue weighted by Crippen LogP contribution is 2.31. The lowest BCUT2D eigenvalue weighted by atomic mass is 9.85. The maximum Gasteiger partial charge on any atom is 0.208 e. The fourth-order valence-electron chi connectivity index (χ4n) is 3.29. The molecule has 0 bridgehead atoms. The van der Waals surface area contributed by atoms with Gasteiger partial charge in [0.2, 0.25) is 10.0 Å². The van der Waals surface area contributed by atoms with Crippen LogP contribution < -0.4 is 14.8 Å². The second kappa shape index (κ2) is 8.37. The molecule has 0 radical (unpaired) electrons. The summed E-state index contributed by atoms with van der Waals surface area (Å²) in [6.07, 6.45) is 5.57. The molecule has 2 atom stereocenters. The maximum atomic E-state index is 11.4. The predicted molar refractivity (Wildman–Crippen MR) is 106 cm³/mol. The minimum absolute atomic E-state index is 0.243. The number of nitrogens with one attached hydrogen (secondary N) is 2. The highest BCUT2D eigenvalue weighted by Gasteiger charge is 2.26. The summed E-state index contributed by atoms with van der Waals surface area (Å²) in [6, 6.07) is 8.09. The van der Waals surface area contributed by atoms with Crippen molar-refractivity contribution >= 4 is 26.5 Å². The van der Waals surface area contributed by atoms with Crippen molar-refractivity contribution in [2.24, 2.45) is 5.92 Å². The van der Waals surface area contributed by atoms with Crippen LogP contribution in [0.25, 0.3) is 11.3 Å². The molecule has 6 nitrogen and oxygen atoms in total. The average Bonchev–Trinajstić information content (AvgIpc) is 3.09. The fraction of sp³-hybridized carbons (Fsp3) is 0.500. The standard InChI is InChI=1S/C18H25N3O3S2/c1-24-15-9-7-13(8-10-15)17-12-25-18(21-17)20-16-6-4-3-5-14(16)11-19-26(2,22)23/h7-10,12,14,16,19H,3-6,11H2,1-2H3,(H,20,21). The third-order valence-corrected chi connectivity index (χ3v) is 6.18. The molecule has 8 heteroatoms. The van der Waals surface area contributed by atoms with Crippen molar-refractivity contribution < 1.29 is 13.2 Å². The molecule has 1 aromatic heterocycles. The summed E-state index contributed by atoms with van der Waals surface area (Å²) in [5, 5.41) is 6.45. The molecule has 1 aliphatic rings. The summed E-state index contributed by atoms with van der Waals surface area (Å²) in [4.78, 5) is 4.70. The number of hydrogen-bond donors (Lipinski definition) is 2. The molecule has 1 aromatic carbocycles. The van der Waals surface area contributed by atoms with Gasteiger partial charge in [-0.25, -0.2) is 18.1 Å². The van der Waals surface area contributed by atoms with Gasteiger partial charge < -0.3 is 10.1 Å². The van der Waals surface area contributed by atoms with Crippen LogP contribution in [0.3, 0.4) is 0 Å². The van der Waals surface area contributed by atoms with Gasteiger partial charge in [-0.1, -0.05) is 12.8 Å². The van der Waals surface area contributed by atoms with Crippen LogP contribution in [0.1, 0.15) is 25.7 Å². The fourth-order valence-corrected chi connectivity index (χ4v) is 4.59. The number of methoxy groups -OCH3 is 1. The van der Waals surface area contributed by atoms with Crippen molar-refractivity contribution in [1.82, 2.24) is 9.71 Å². The summed E-state index contributed by atoms with van der Waals surface area (Å²) in [7, 11) is -1.51. The van der Waals surface area contributed by atoms with Gasteiger partial charge in [-0.2, -0.15) is 0 Å². The van der Waals surface area contributed by atoms with E-state index in [4.69, 9.17) is 9.72 Å². The molecule has 0 saturated heterocycles. The molecule has 0 amide bonds. The van der Waals surface area contributed by atoms with Gasteiger partial charge >= 0.3 is 0 Å². The van der Waals surface area contributed by atoms with Gasteiger partial charge in [-0.05, 0) is 43.0 Å². The van der Waals surface area contributed by atoms with E-state index in [1.807, 2.05) is 29.6 Å². The Morgan fingerprint density at radius 3 is 2.65 bits per heavy atom. The molecular formula is C18H25N3O3S2. The molecule has 26 heavy (non-hydrogen) atoms. The van der Waals surface area contributed by atoms with Gasteiger partial charge in [-0.3, -0.25) is 0 Å². The van der Waals surface area contributed by atoms with Crippen LogP contribution in [0.2, 0.25) is 0 Å². The summed E-state index contributed by atoms with van der Waals surface area (Å²) < 4.78 is 30.6. The first-order valence-corrected chi connectivity index (χ1v) is 11.5. The number of ether oxygens (including phenoxy) is 1. The zero-order valence-corrected chi connectivity index (χ0v) is 16.7. The summed E-state index contributed by atoms with van der Waals surface area (Å²) in [5.74, 6) is 1.11. The minimum atomic E-state index is -3.16. The monoisotopic (exact) mass is 395 g/mol. The largest absolute Gasteiger partial charge is 0.497 e. The molecule has 1 heterocycles. The molecule has 2 N–H and O–H groups in total. The molecule has 3 rings (SSSR count). The van der Waals surface area contributed by atoms with E-state index < -0.39 is 10.0 Å². The molecule has 2 aromatic rings. The van der Waals surface area contributed by atoms with Crippen LogP contribution in [-0.4, -0.2) is 39.4 Å². The van der Waals surface area contributed by atoms with Crippen molar-refractivity contribution in [3.05, 3.63) is 29.6 Å². The molecule has 1 fully saturated rings. The number of anilines is 1. The second-order valence-electron chi connectivity index (χ2n) is 6.68. The van der Waals surface area contributed by atoms with Crippen LogP contribution >= 0.6 is 11.3 Å². The van der Waals surface area contributed by atoms with E-state index >= 15 is 0 Å². The second-order valence-corrected chi connectivity index (χ2v) is 9.37. The summed E-state index contributed by atoms with van der Waals surface area (Å²) >= 11 is 1.58. The number of nitrogens with zero attached hydrogens (tertiary/aromatic N) is 1. The first-order valence-electron chi connectivity index (χ1n) is 8.76. The number of sulfonamides is 1. The van der Waals surface area contributed by atoms with Crippen LogP contribution in [0.4, 0.5) is 5.13 Å². The number of benzene rings is 1. The van der Waals surface area contributed by atoms with Gasteiger partial charge in [0.05, 0.1) is 19.1 Å². The molecule has 0 spiro atoms. The van der Waals surface area contributed by atoms with Crippen LogP contribution in [0.5, 0.6) is 5.75 Å². The Hall–Kier alpha value is -1.64. The lowest BCUT2D eigenvalue weighted by Crippen LogP contribution is -2.40. The first-order chi connectivity index (χ1) is 12.4. The third-order valence-electron chi connectivity index (χ3n) is 4.72. The van der Waals surface area contributed by atoms with E-state index in [9.17, 15) is 8.42 Å². The number of rotatable bonds is 7. The molecule has 2 unspecified atom stereocenters. The molecule has 1 aliphatic carbocycles. The summed E-state index contributed by atoms with van der Waals surface area (Å²) in [6.45, 7) is 0.479. The average molecular weight is 396 g/mol. The van der Waals surface area contributed by atoms with E-state index in [1.54, 1.807) is 18.4 Å². The Kier molecular flexibility index (Phi) is 6.16. The number of thiazole rings is 1. The van der Waals surface area contributed by atoms with Crippen LogP contribution in [0.15, 0.2) is 29.6 Å². The number of aromatic nitrogens is 1. The van der Waals surface area contributed by atoms with Gasteiger partial charge in [0, 0.05) is 23.5 Å². The van der Waals surface area contributed by atoms with Gasteiger partial charge in [-0.15, -0.1) is 11.3 Å². The number of hydrogen-bond acceptors (Lipinski definition) is 6. The minimum Gasteiger partial charge on any atom is -0.497 e. The van der Waals surface area contributed by atoms with Crippen molar-refractivity contribution in [3.8, 4) is 17.0 Å². The van der Waals surface area contributed by atoms with E-state index in [-0.39, 0.29) is 12.0 Å². The maximum absolute atomic E-state index is 11.4. The van der Waals surface area contributed by atoms with E-state index in [0.717, 1.165) is 47.8 Å². The normalized spacial score (nSPS) is 20.7. The van der Waals surface area contributed by atoms with Crippen molar-refractivity contribution in [2.75, 3.05) is 25.2 Å². The van der Waals surface area contributed by atoms with E-state index in [1.165, 1.54) is 6.26 Å². The van der Waals surface area contributed by atoms with Crippen LogP contribution in [0, 0.1) is 5.92 Å². The van der Waals surface area contributed by atoms with Gasteiger partial charge in [0.1, 0.15) is 5.75 Å². The van der Waals surface area contributed by atoms with Crippen molar-refractivity contribution in [3.63, 3.8) is 0 Å². The van der Waals surface area contributed by atoms with E-state index in [2.05, 4.69) is 10.0 Å². The summed E-state index contributed by atoms with van der Waals surface area (Å²) in [5.41, 5.74) is 1.98. The molecular weight excluding hydrogens is 370 g/mol. The van der Waals surface area contributed by atoms with Crippen molar-refractivity contribution in [2.45, 2.75) is 31.7 Å². The van der Waals surface area contributed by atoms with Crippen molar-refractivity contribution in [1.29, 1.82) is 0 Å². The highest BCUT2D eigenvalue weighted by molar-refractivity contribution is 7.88. The van der Waals surface area contributed by atoms with Crippen LogP contribution in [-0.2, 0) is 10.0 Å². The smallest absolute Gasteiger partial charge is 0.208 e. The Balaban J connectivity index is 1.66. The lowest BCUT2D eigenvalue weighted by Gasteiger charge is -2.32. The molecule has 0 aliphatic heterocycles. The molecule has 142 valence electrons. The topological polar surface area (TPSA) is 80.3 Å².